The van der Waals surface area contributed by atoms with Crippen molar-refractivity contribution in [1.29, 1.82) is 0 Å². The molecule has 4 nitrogen and oxygen atoms in total. The van der Waals surface area contributed by atoms with Gasteiger partial charge >= 0.3 is 50.2 Å². The van der Waals surface area contributed by atoms with Gasteiger partial charge < -0.3 is 0 Å². The summed E-state index contributed by atoms with van der Waals surface area (Å²) in [5.74, 6) is 0. The molecular weight excluding hydrogens is 217 g/mol. The molecule has 0 atom stereocenters. The quantitative estimate of drug-likeness (QED) is 0.388. The number of carbonyl (C=O) groups is 1. The van der Waals surface area contributed by atoms with Gasteiger partial charge in [0.1, 0.15) is 0 Å². The van der Waals surface area contributed by atoms with Crippen LogP contribution in [-0.2, 0) is 14.9 Å². The third-order valence-electron chi connectivity index (χ3n) is 0.553. The van der Waals surface area contributed by atoms with E-state index >= 15 is 0 Å². The summed E-state index contributed by atoms with van der Waals surface area (Å²) in [4.78, 5) is 9.59. The molecule has 0 aromatic rings. The molecule has 0 bridgehead atoms. The number of carbonyl (C=O) groups excluding carboxylic acids is 1. The van der Waals surface area contributed by atoms with E-state index in [9.17, 15) is 22.0 Å². The molecule has 0 saturated carbocycles. The number of rotatable bonds is 2. The van der Waals surface area contributed by atoms with Gasteiger partial charge in [-0.05, 0) is 11.6 Å². The van der Waals surface area contributed by atoms with Crippen LogP contribution >= 0.6 is 11.6 Å². The predicted molar refractivity (Wildman–Crippen MR) is 34.5 cm³/mol. The van der Waals surface area contributed by atoms with Gasteiger partial charge in [0.2, 0.25) is 0 Å². The van der Waals surface area contributed by atoms with E-state index in [1.807, 2.05) is 0 Å². The van der Waals surface area contributed by atoms with Crippen molar-refractivity contribution < 1.29 is 26.5 Å². The maximum atomic E-state index is 11.7. The zero-order valence-electron chi connectivity index (χ0n) is 4.21. The van der Waals surface area contributed by atoms with Gasteiger partial charge in [-0.1, -0.05) is 0 Å². The summed E-state index contributed by atoms with van der Waals surface area (Å²) in [5, 5.41) is -7.34. The van der Waals surface area contributed by atoms with Crippen LogP contribution in [-0.4, -0.2) is 53.0 Å². The van der Waals surface area contributed by atoms with Crippen LogP contribution in [0.2, 0.25) is 0 Å². The molecule has 0 unspecified atom stereocenters. The first-order valence-electron chi connectivity index (χ1n) is 1.74. The van der Waals surface area contributed by atoms with Crippen LogP contribution < -0.4 is 0 Å². The second kappa shape index (κ2) is 4.11. The normalized spacial score (nSPS) is 12.0. The molecule has 0 heterocycles. The molecule has 0 aromatic carbocycles. The summed E-state index contributed by atoms with van der Waals surface area (Å²) in [6.07, 6.45) is 0. The minimum atomic E-state index is -5.72. The van der Waals surface area contributed by atoms with Crippen molar-refractivity contribution in [3.63, 3.8) is 0 Å². The Bertz CT molecular complexity index is 249. The van der Waals surface area contributed by atoms with E-state index in [0.717, 1.165) is 0 Å². The third kappa shape index (κ3) is 3.30. The fraction of sp³-hybridized carbons (Fsp3) is 0.500. The van der Waals surface area contributed by atoms with Crippen molar-refractivity contribution in [1.82, 2.24) is 0 Å². The molecule has 0 aromatic heterocycles. The molecule has 0 amide bonds. The summed E-state index contributed by atoms with van der Waals surface area (Å²) >= 11 is 4.13. The van der Waals surface area contributed by atoms with Gasteiger partial charge in [0.05, 0.1) is 0 Å². The van der Waals surface area contributed by atoms with Crippen LogP contribution in [0.4, 0.5) is 8.78 Å². The average molecular weight is 219 g/mol. The standard InChI is InChI=1S/C2HClF2O4S.Na.H/c3-1(6)2(4,5)10(7,8)9;;/h(H,7,8,9);;. The van der Waals surface area contributed by atoms with Crippen LogP contribution in [0.15, 0.2) is 0 Å². The van der Waals surface area contributed by atoms with Crippen molar-refractivity contribution in [2.75, 3.05) is 0 Å². The van der Waals surface area contributed by atoms with E-state index in [1.165, 1.54) is 0 Å². The predicted octanol–water partition coefficient (Wildman–Crippen LogP) is -0.416. The van der Waals surface area contributed by atoms with E-state index in [0.29, 0.717) is 0 Å². The second-order valence-electron chi connectivity index (χ2n) is 1.27. The Morgan fingerprint density at radius 2 is 1.73 bits per heavy atom. The van der Waals surface area contributed by atoms with Crippen LogP contribution in [0.5, 0.6) is 0 Å². The molecule has 0 aliphatic heterocycles. The number of hydrogen-bond donors (Lipinski definition) is 1. The Hall–Kier alpha value is 0.730. The molecule has 0 saturated heterocycles. The number of hydrogen-bond acceptors (Lipinski definition) is 3. The van der Waals surface area contributed by atoms with Gasteiger partial charge in [-0.3, -0.25) is 9.35 Å². The van der Waals surface area contributed by atoms with E-state index in [1.54, 1.807) is 0 Å². The Morgan fingerprint density at radius 3 is 1.73 bits per heavy atom. The average Bonchev–Trinajstić information content (AvgIpc) is 1.62. The summed E-state index contributed by atoms with van der Waals surface area (Å²) in [6, 6.07) is 0. The number of alkyl halides is 2. The summed E-state index contributed by atoms with van der Waals surface area (Å²) in [5.41, 5.74) is 0. The first kappa shape index (κ1) is 14.3. The van der Waals surface area contributed by atoms with Gasteiger partial charge in [-0.2, -0.15) is 17.2 Å². The molecule has 11 heavy (non-hydrogen) atoms. The minimum absolute atomic E-state index is 0. The molecule has 1 N–H and O–H groups in total. The Balaban J connectivity index is 0. The van der Waals surface area contributed by atoms with Crippen LogP contribution in [0, 0.1) is 0 Å². The zero-order valence-corrected chi connectivity index (χ0v) is 5.79. The Labute approximate surface area is 87.9 Å². The summed E-state index contributed by atoms with van der Waals surface area (Å²) < 4.78 is 50.3. The SMILES string of the molecule is O=C(Cl)C(F)(F)S(=O)(=O)O.[NaH]. The molecule has 0 aliphatic rings. The van der Waals surface area contributed by atoms with E-state index < -0.39 is 20.6 Å². The molecule has 0 fully saturated rings. The summed E-state index contributed by atoms with van der Waals surface area (Å²) in [6.45, 7) is 0. The zero-order chi connectivity index (χ0) is 8.58. The Morgan fingerprint density at radius 1 is 1.45 bits per heavy atom. The first-order chi connectivity index (χ1) is 4.19. The molecular formula is C2H2ClF2NaO4S. The molecule has 0 spiro atoms. The summed E-state index contributed by atoms with van der Waals surface area (Å²) in [7, 11) is -5.72. The van der Waals surface area contributed by atoms with Crippen molar-refractivity contribution >= 4 is 56.5 Å². The molecule has 62 valence electrons. The fourth-order valence-electron chi connectivity index (χ4n) is 0.101. The van der Waals surface area contributed by atoms with Crippen molar-refractivity contribution in [2.45, 2.75) is 5.25 Å². The van der Waals surface area contributed by atoms with Gasteiger partial charge in [-0.25, -0.2) is 0 Å². The van der Waals surface area contributed by atoms with Gasteiger partial charge in [0.15, 0.2) is 0 Å². The van der Waals surface area contributed by atoms with E-state index in [-0.39, 0.29) is 29.6 Å². The van der Waals surface area contributed by atoms with E-state index in [4.69, 9.17) is 4.55 Å². The van der Waals surface area contributed by atoms with Crippen molar-refractivity contribution in [3.8, 4) is 0 Å². The van der Waals surface area contributed by atoms with Gasteiger partial charge in [0, 0.05) is 0 Å². The van der Waals surface area contributed by atoms with Crippen LogP contribution in [0.1, 0.15) is 0 Å². The third-order valence-corrected chi connectivity index (χ3v) is 1.74. The van der Waals surface area contributed by atoms with Gasteiger partial charge in [-0.15, -0.1) is 0 Å². The van der Waals surface area contributed by atoms with Gasteiger partial charge in [0.25, 0.3) is 0 Å². The van der Waals surface area contributed by atoms with Crippen LogP contribution in [0.25, 0.3) is 0 Å². The molecule has 0 rings (SSSR count). The maximum absolute atomic E-state index is 11.7. The number of halogens is 3. The second-order valence-corrected chi connectivity index (χ2v) is 3.07. The Kier molecular flexibility index (Phi) is 5.32. The van der Waals surface area contributed by atoms with E-state index in [2.05, 4.69) is 11.6 Å². The topological polar surface area (TPSA) is 71.4 Å². The molecule has 0 aliphatic carbocycles. The molecule has 0 radical (unpaired) electrons. The monoisotopic (exact) mass is 218 g/mol. The van der Waals surface area contributed by atoms with Crippen molar-refractivity contribution in [3.05, 3.63) is 0 Å². The fourth-order valence-corrected chi connectivity index (χ4v) is 0.597. The van der Waals surface area contributed by atoms with Crippen molar-refractivity contribution in [2.24, 2.45) is 0 Å². The van der Waals surface area contributed by atoms with Crippen LogP contribution in [0.3, 0.4) is 0 Å². The molecule has 9 heteroatoms. The first-order valence-corrected chi connectivity index (χ1v) is 3.56.